The van der Waals surface area contributed by atoms with Crippen LogP contribution in [0.4, 0.5) is 4.79 Å². The zero-order valence-corrected chi connectivity index (χ0v) is 10.7. The average Bonchev–Trinajstić information content (AvgIpc) is 2.58. The molecule has 1 aromatic rings. The summed E-state index contributed by atoms with van der Waals surface area (Å²) in [7, 11) is 0. The molecule has 1 aliphatic heterocycles. The maximum Gasteiger partial charge on any atom is 0.294 e. The summed E-state index contributed by atoms with van der Waals surface area (Å²) in [6.45, 7) is -0.391. The van der Waals surface area contributed by atoms with E-state index in [1.165, 1.54) is 0 Å². The second-order valence-electron chi connectivity index (χ2n) is 3.53. The van der Waals surface area contributed by atoms with Crippen molar-refractivity contribution in [2.24, 2.45) is 0 Å². The molecule has 0 radical (unpaired) electrons. The van der Waals surface area contributed by atoms with Gasteiger partial charge in [-0.25, -0.2) is 0 Å². The molecule has 18 heavy (non-hydrogen) atoms. The van der Waals surface area contributed by atoms with E-state index in [0.717, 1.165) is 22.2 Å². The van der Waals surface area contributed by atoms with Crippen molar-refractivity contribution >= 4 is 45.8 Å². The van der Waals surface area contributed by atoms with Crippen LogP contribution in [0.15, 0.2) is 35.2 Å². The van der Waals surface area contributed by atoms with Gasteiger partial charge in [0.2, 0.25) is 5.24 Å². The van der Waals surface area contributed by atoms with Crippen molar-refractivity contribution in [2.75, 3.05) is 6.54 Å². The number of carbonyl (C=O) groups is 3. The Balaban J connectivity index is 2.23. The largest absolute Gasteiger partial charge is 0.294 e. The lowest BCUT2D eigenvalue weighted by Gasteiger charge is -2.07. The molecule has 0 bridgehead atoms. The average molecular weight is 282 g/mol. The van der Waals surface area contributed by atoms with Crippen LogP contribution in [0.1, 0.15) is 5.56 Å². The molecule has 92 valence electrons. The Bertz CT molecular complexity index is 542. The fraction of sp³-hybridized carbons (Fsp3) is 0.0833. The molecule has 2 amide bonds. The first-order chi connectivity index (χ1) is 8.58. The lowest BCUT2D eigenvalue weighted by molar-refractivity contribution is -0.125. The van der Waals surface area contributed by atoms with Gasteiger partial charge in [0.25, 0.3) is 11.1 Å². The molecule has 0 spiro atoms. The van der Waals surface area contributed by atoms with Gasteiger partial charge in [-0.2, -0.15) is 0 Å². The molecule has 0 unspecified atom stereocenters. The Morgan fingerprint density at radius 3 is 2.56 bits per heavy atom. The van der Waals surface area contributed by atoms with E-state index in [-0.39, 0.29) is 0 Å². The quantitative estimate of drug-likeness (QED) is 0.631. The van der Waals surface area contributed by atoms with Gasteiger partial charge in [0.05, 0.1) is 4.91 Å². The first kappa shape index (κ1) is 12.9. The van der Waals surface area contributed by atoms with Crippen LogP contribution in [0.5, 0.6) is 0 Å². The smallest absolute Gasteiger partial charge is 0.279 e. The van der Waals surface area contributed by atoms with Gasteiger partial charge in [-0.1, -0.05) is 30.3 Å². The number of hydrogen-bond donors (Lipinski definition) is 0. The summed E-state index contributed by atoms with van der Waals surface area (Å²) in [4.78, 5) is 35.3. The Morgan fingerprint density at radius 1 is 1.28 bits per heavy atom. The third kappa shape index (κ3) is 2.80. The number of thioether (sulfide) groups is 1. The predicted octanol–water partition coefficient (Wildman–Crippen LogP) is 2.49. The van der Waals surface area contributed by atoms with E-state index in [2.05, 4.69) is 0 Å². The van der Waals surface area contributed by atoms with Crippen LogP contribution >= 0.6 is 23.4 Å². The minimum atomic E-state index is -0.738. The number of halogens is 1. The van der Waals surface area contributed by atoms with Gasteiger partial charge in [0.1, 0.15) is 6.54 Å². The molecule has 0 aromatic heterocycles. The van der Waals surface area contributed by atoms with Crippen LogP contribution in [0.2, 0.25) is 0 Å². The second-order valence-corrected chi connectivity index (χ2v) is 4.95. The zero-order chi connectivity index (χ0) is 13.1. The van der Waals surface area contributed by atoms with E-state index in [1.54, 1.807) is 6.08 Å². The summed E-state index contributed by atoms with van der Waals surface area (Å²) in [5.41, 5.74) is 0.820. The number of carbonyl (C=O) groups excluding carboxylic acids is 3. The first-order valence-electron chi connectivity index (χ1n) is 5.06. The highest BCUT2D eigenvalue weighted by atomic mass is 35.5. The summed E-state index contributed by atoms with van der Waals surface area (Å²) in [6, 6.07) is 9.16. The highest BCUT2D eigenvalue weighted by molar-refractivity contribution is 8.18. The topological polar surface area (TPSA) is 54.5 Å². The van der Waals surface area contributed by atoms with Gasteiger partial charge >= 0.3 is 0 Å². The SMILES string of the molecule is O=C(Cl)CN1C(=O)SC(=Cc2ccccc2)C1=O. The van der Waals surface area contributed by atoms with Gasteiger partial charge < -0.3 is 0 Å². The van der Waals surface area contributed by atoms with Crippen molar-refractivity contribution in [1.29, 1.82) is 0 Å². The summed E-state index contributed by atoms with van der Waals surface area (Å²) < 4.78 is 0. The Morgan fingerprint density at radius 2 is 1.94 bits per heavy atom. The monoisotopic (exact) mass is 281 g/mol. The Hall–Kier alpha value is -1.59. The highest BCUT2D eigenvalue weighted by Crippen LogP contribution is 2.31. The molecule has 2 rings (SSSR count). The molecule has 0 N–H and O–H groups in total. The van der Waals surface area contributed by atoms with E-state index in [4.69, 9.17) is 11.6 Å². The van der Waals surface area contributed by atoms with Gasteiger partial charge in [-0.15, -0.1) is 0 Å². The molecule has 1 saturated heterocycles. The molecule has 0 aliphatic carbocycles. The normalized spacial score (nSPS) is 17.6. The van der Waals surface area contributed by atoms with Crippen LogP contribution < -0.4 is 0 Å². The molecule has 0 atom stereocenters. The minimum absolute atomic E-state index is 0.295. The maximum absolute atomic E-state index is 11.9. The van der Waals surface area contributed by atoms with Crippen molar-refractivity contribution in [2.45, 2.75) is 0 Å². The number of nitrogens with zero attached hydrogens (tertiary/aromatic N) is 1. The molecule has 6 heteroatoms. The molecular weight excluding hydrogens is 274 g/mol. The Labute approximate surface area is 113 Å². The van der Waals surface area contributed by atoms with E-state index >= 15 is 0 Å². The van der Waals surface area contributed by atoms with Crippen molar-refractivity contribution in [3.05, 3.63) is 40.8 Å². The summed E-state index contributed by atoms with van der Waals surface area (Å²) in [6.07, 6.45) is 1.61. The standard InChI is InChI=1S/C12H8ClNO3S/c13-10(15)7-14-11(16)9(18-12(14)17)6-8-4-2-1-3-5-8/h1-6H,7H2. The molecule has 0 saturated carbocycles. The van der Waals surface area contributed by atoms with Crippen molar-refractivity contribution < 1.29 is 14.4 Å². The molecule has 4 nitrogen and oxygen atoms in total. The van der Waals surface area contributed by atoms with Crippen molar-refractivity contribution in [1.82, 2.24) is 4.90 Å². The second kappa shape index (κ2) is 5.37. The van der Waals surface area contributed by atoms with Gasteiger partial charge in [0.15, 0.2) is 0 Å². The van der Waals surface area contributed by atoms with E-state index in [0.29, 0.717) is 4.91 Å². The van der Waals surface area contributed by atoms with E-state index in [9.17, 15) is 14.4 Å². The lowest BCUT2D eigenvalue weighted by atomic mass is 10.2. The highest BCUT2D eigenvalue weighted by Gasteiger charge is 2.35. The van der Waals surface area contributed by atoms with Crippen LogP contribution in [0.25, 0.3) is 6.08 Å². The van der Waals surface area contributed by atoms with Crippen molar-refractivity contribution in [3.63, 3.8) is 0 Å². The van der Waals surface area contributed by atoms with Crippen LogP contribution in [0, 0.1) is 0 Å². The van der Waals surface area contributed by atoms with Gasteiger partial charge in [-0.3, -0.25) is 19.3 Å². The zero-order valence-electron chi connectivity index (χ0n) is 9.13. The van der Waals surface area contributed by atoms with E-state index < -0.39 is 22.9 Å². The van der Waals surface area contributed by atoms with E-state index in [1.807, 2.05) is 30.3 Å². The molecular formula is C12H8ClNO3S. The fourth-order valence-corrected chi connectivity index (χ4v) is 2.42. The van der Waals surface area contributed by atoms with Gasteiger partial charge in [-0.05, 0) is 35.0 Å². The predicted molar refractivity (Wildman–Crippen MR) is 70.0 cm³/mol. The van der Waals surface area contributed by atoms with Crippen LogP contribution in [-0.2, 0) is 9.59 Å². The number of amides is 2. The van der Waals surface area contributed by atoms with Crippen LogP contribution in [0.3, 0.4) is 0 Å². The van der Waals surface area contributed by atoms with Crippen molar-refractivity contribution in [3.8, 4) is 0 Å². The molecule has 1 heterocycles. The molecule has 1 aromatic carbocycles. The number of benzene rings is 1. The fourth-order valence-electron chi connectivity index (χ4n) is 1.46. The first-order valence-corrected chi connectivity index (χ1v) is 6.26. The molecule has 1 fully saturated rings. The number of imide groups is 1. The number of rotatable bonds is 3. The summed E-state index contributed by atoms with van der Waals surface area (Å²) >= 11 is 5.99. The number of hydrogen-bond acceptors (Lipinski definition) is 4. The van der Waals surface area contributed by atoms with Gasteiger partial charge in [0, 0.05) is 0 Å². The summed E-state index contributed by atoms with van der Waals surface area (Å²) in [5, 5.41) is -1.21. The lowest BCUT2D eigenvalue weighted by Crippen LogP contribution is -2.31. The summed E-state index contributed by atoms with van der Waals surface area (Å²) in [5.74, 6) is -0.483. The third-order valence-corrected chi connectivity index (χ3v) is 3.28. The van der Waals surface area contributed by atoms with Crippen LogP contribution in [-0.4, -0.2) is 27.8 Å². The third-order valence-electron chi connectivity index (χ3n) is 2.25. The Kier molecular flexibility index (Phi) is 3.84. The maximum atomic E-state index is 11.9. The minimum Gasteiger partial charge on any atom is -0.279 e. The molecule has 1 aliphatic rings.